The first kappa shape index (κ1) is 21.8. The molecule has 166 valence electrons. The number of carbonyl (C=O) groups excluding carboxylic acids is 1. The zero-order valence-corrected chi connectivity index (χ0v) is 16.7. The maximum atomic E-state index is 14.5. The van der Waals surface area contributed by atoms with Crippen LogP contribution in [-0.2, 0) is 6.18 Å². The van der Waals surface area contributed by atoms with Gasteiger partial charge in [-0.15, -0.1) is 0 Å². The summed E-state index contributed by atoms with van der Waals surface area (Å²) in [5.41, 5.74) is -1.76. The number of pyridine rings is 1. The van der Waals surface area contributed by atoms with Gasteiger partial charge in [-0.05, 0) is 30.7 Å². The molecule has 0 radical (unpaired) electrons. The third-order valence-corrected chi connectivity index (χ3v) is 5.41. The SMILES string of the molecule is O=C(O)c1ccc(-c2n[nH]c3c2NCCC3C(=O)c2c(C(F)(F)F)ccnc2Cl)c(F)c1. The van der Waals surface area contributed by atoms with Crippen LogP contribution in [0, 0.1) is 5.82 Å². The van der Waals surface area contributed by atoms with E-state index in [2.05, 4.69) is 20.5 Å². The number of aromatic carboxylic acids is 1. The van der Waals surface area contributed by atoms with Crippen molar-refractivity contribution in [1.82, 2.24) is 15.2 Å². The number of benzene rings is 1. The molecule has 4 rings (SSSR count). The maximum absolute atomic E-state index is 14.5. The maximum Gasteiger partial charge on any atom is 0.417 e. The lowest BCUT2D eigenvalue weighted by atomic mass is 9.87. The lowest BCUT2D eigenvalue weighted by Gasteiger charge is -2.24. The smallest absolute Gasteiger partial charge is 0.417 e. The number of carboxylic acid groups (broad SMARTS) is 1. The van der Waals surface area contributed by atoms with Crippen molar-refractivity contribution in [3.05, 3.63) is 63.8 Å². The van der Waals surface area contributed by atoms with E-state index < -0.39 is 45.9 Å². The van der Waals surface area contributed by atoms with Gasteiger partial charge in [0, 0.05) is 18.3 Å². The van der Waals surface area contributed by atoms with Gasteiger partial charge in [0.05, 0.1) is 34.0 Å². The second-order valence-corrected chi connectivity index (χ2v) is 7.37. The van der Waals surface area contributed by atoms with Gasteiger partial charge in [-0.25, -0.2) is 14.2 Å². The predicted octanol–water partition coefficient (Wildman–Crippen LogP) is 4.76. The number of nitrogens with one attached hydrogen (secondary N) is 2. The number of carbonyl (C=O) groups is 2. The number of halogens is 5. The monoisotopic (exact) mass is 468 g/mol. The van der Waals surface area contributed by atoms with Crippen LogP contribution >= 0.6 is 11.6 Å². The van der Waals surface area contributed by atoms with Crippen molar-refractivity contribution in [2.45, 2.75) is 18.5 Å². The van der Waals surface area contributed by atoms with E-state index in [0.717, 1.165) is 12.3 Å². The molecule has 1 aliphatic rings. The number of aromatic amines is 1. The van der Waals surface area contributed by atoms with Gasteiger partial charge in [0.25, 0.3) is 0 Å². The van der Waals surface area contributed by atoms with Crippen molar-refractivity contribution in [3.8, 4) is 11.3 Å². The summed E-state index contributed by atoms with van der Waals surface area (Å²) in [6.07, 6.45) is -3.81. The van der Waals surface area contributed by atoms with Crippen LogP contribution in [0.25, 0.3) is 11.3 Å². The summed E-state index contributed by atoms with van der Waals surface area (Å²) in [6.45, 7) is 0.198. The number of Topliss-reactive ketones (excluding diaryl/α,β-unsaturated/α-hetero) is 1. The van der Waals surface area contributed by atoms with Crippen molar-refractivity contribution >= 4 is 29.0 Å². The first-order valence-corrected chi connectivity index (χ1v) is 9.58. The number of alkyl halides is 3. The largest absolute Gasteiger partial charge is 0.478 e. The molecule has 1 aliphatic heterocycles. The predicted molar refractivity (Wildman–Crippen MR) is 105 cm³/mol. The molecule has 0 saturated heterocycles. The Bertz CT molecular complexity index is 1240. The van der Waals surface area contributed by atoms with E-state index in [4.69, 9.17) is 16.7 Å². The molecule has 1 atom stereocenters. The summed E-state index contributed by atoms with van der Waals surface area (Å²) in [5, 5.41) is 18.0. The van der Waals surface area contributed by atoms with E-state index in [1.807, 2.05) is 0 Å². The van der Waals surface area contributed by atoms with Crippen molar-refractivity contribution < 1.29 is 32.3 Å². The van der Waals surface area contributed by atoms with E-state index in [9.17, 15) is 27.2 Å². The van der Waals surface area contributed by atoms with Gasteiger partial charge in [-0.1, -0.05) is 11.6 Å². The van der Waals surface area contributed by atoms with Crippen LogP contribution in [0.1, 0.15) is 44.3 Å². The molecular formula is C20H13ClF4N4O3. The van der Waals surface area contributed by atoms with Crippen LogP contribution in [0.3, 0.4) is 0 Å². The molecule has 0 fully saturated rings. The fourth-order valence-electron chi connectivity index (χ4n) is 3.65. The first-order chi connectivity index (χ1) is 15.1. The number of ketones is 1. The molecule has 1 unspecified atom stereocenters. The second-order valence-electron chi connectivity index (χ2n) is 7.02. The standard InChI is InChI=1S/C20H13ClF4N4O3/c21-18-13(11(4-6-27-18)20(23,24)25)17(30)10-3-5-26-16-14(28-29-15(10)16)9-2-1-8(19(31)32)7-12(9)22/h1-2,4,6-7,10,26H,3,5H2,(H,28,29)(H,31,32). The highest BCUT2D eigenvalue weighted by Gasteiger charge is 2.40. The van der Waals surface area contributed by atoms with Gasteiger partial charge < -0.3 is 10.4 Å². The number of H-pyrrole nitrogens is 1. The van der Waals surface area contributed by atoms with Gasteiger partial charge in [-0.3, -0.25) is 9.89 Å². The molecule has 3 N–H and O–H groups in total. The highest BCUT2D eigenvalue weighted by atomic mass is 35.5. The molecule has 1 aromatic carbocycles. The average molecular weight is 469 g/mol. The highest BCUT2D eigenvalue weighted by Crippen LogP contribution is 2.42. The Morgan fingerprint density at radius 1 is 1.22 bits per heavy atom. The van der Waals surface area contributed by atoms with Gasteiger partial charge in [-0.2, -0.15) is 18.3 Å². The lowest BCUT2D eigenvalue weighted by molar-refractivity contribution is -0.138. The van der Waals surface area contributed by atoms with Crippen LogP contribution in [0.15, 0.2) is 30.5 Å². The molecule has 12 heteroatoms. The van der Waals surface area contributed by atoms with Gasteiger partial charge in [0.2, 0.25) is 0 Å². The van der Waals surface area contributed by atoms with E-state index in [1.165, 1.54) is 12.1 Å². The molecule has 32 heavy (non-hydrogen) atoms. The van der Waals surface area contributed by atoms with E-state index >= 15 is 0 Å². The Kier molecular flexibility index (Phi) is 5.37. The molecule has 0 bridgehead atoms. The number of nitrogens with zero attached hydrogens (tertiary/aromatic N) is 2. The van der Waals surface area contributed by atoms with E-state index in [1.54, 1.807) is 0 Å². The van der Waals surface area contributed by atoms with Crippen LogP contribution < -0.4 is 5.32 Å². The summed E-state index contributed by atoms with van der Waals surface area (Å²) in [6, 6.07) is 3.93. The summed E-state index contributed by atoms with van der Waals surface area (Å²) < 4.78 is 54.9. The minimum Gasteiger partial charge on any atom is -0.478 e. The Balaban J connectivity index is 1.77. The fraction of sp³-hybridized carbons (Fsp3) is 0.200. The molecule has 3 aromatic rings. The Morgan fingerprint density at radius 3 is 2.62 bits per heavy atom. The van der Waals surface area contributed by atoms with Gasteiger partial charge in [0.15, 0.2) is 5.78 Å². The minimum atomic E-state index is -4.82. The summed E-state index contributed by atoms with van der Waals surface area (Å²) in [4.78, 5) is 27.8. The fourth-order valence-corrected chi connectivity index (χ4v) is 3.90. The zero-order chi connectivity index (χ0) is 23.2. The number of fused-ring (bicyclic) bond motifs is 1. The summed E-state index contributed by atoms with van der Waals surface area (Å²) in [5.74, 6) is -4.12. The van der Waals surface area contributed by atoms with E-state index in [0.29, 0.717) is 6.07 Å². The Hall–Kier alpha value is -3.47. The normalized spacial score (nSPS) is 15.7. The highest BCUT2D eigenvalue weighted by molar-refractivity contribution is 6.33. The number of carboxylic acids is 1. The van der Waals surface area contributed by atoms with Gasteiger partial charge in [0.1, 0.15) is 16.7 Å². The quantitative estimate of drug-likeness (QED) is 0.289. The molecule has 2 aromatic heterocycles. The van der Waals surface area contributed by atoms with Gasteiger partial charge >= 0.3 is 12.1 Å². The third-order valence-electron chi connectivity index (χ3n) is 5.12. The van der Waals surface area contributed by atoms with Crippen molar-refractivity contribution in [2.75, 3.05) is 11.9 Å². The number of anilines is 1. The van der Waals surface area contributed by atoms with E-state index in [-0.39, 0.29) is 41.2 Å². The summed E-state index contributed by atoms with van der Waals surface area (Å²) >= 11 is 5.87. The minimum absolute atomic E-state index is 0.0384. The number of hydrogen-bond acceptors (Lipinski definition) is 5. The van der Waals surface area contributed by atoms with Crippen molar-refractivity contribution in [2.24, 2.45) is 0 Å². The first-order valence-electron chi connectivity index (χ1n) is 9.20. The zero-order valence-electron chi connectivity index (χ0n) is 15.9. The van der Waals surface area contributed by atoms with Crippen LogP contribution in [0.4, 0.5) is 23.2 Å². The van der Waals surface area contributed by atoms with Crippen molar-refractivity contribution in [3.63, 3.8) is 0 Å². The van der Waals surface area contributed by atoms with Crippen LogP contribution in [0.2, 0.25) is 5.15 Å². The molecule has 0 saturated carbocycles. The molecule has 0 aliphatic carbocycles. The molecule has 7 nitrogen and oxygen atoms in total. The second kappa shape index (κ2) is 7.90. The number of rotatable bonds is 4. The van der Waals surface area contributed by atoms with Crippen LogP contribution in [0.5, 0.6) is 0 Å². The van der Waals surface area contributed by atoms with Crippen molar-refractivity contribution in [1.29, 1.82) is 0 Å². The Morgan fingerprint density at radius 2 is 1.97 bits per heavy atom. The van der Waals surface area contributed by atoms with Crippen LogP contribution in [-0.4, -0.2) is 38.6 Å². The molecule has 3 heterocycles. The average Bonchev–Trinajstić information content (AvgIpc) is 3.16. The molecule has 0 spiro atoms. The number of aromatic nitrogens is 3. The molecule has 0 amide bonds. The topological polar surface area (TPSA) is 108 Å². The lowest BCUT2D eigenvalue weighted by Crippen LogP contribution is -2.25. The molecular weight excluding hydrogens is 456 g/mol. The summed E-state index contributed by atoms with van der Waals surface area (Å²) in [7, 11) is 0. The Labute approximate surface area is 182 Å². The number of hydrogen-bond donors (Lipinski definition) is 3. The third kappa shape index (κ3) is 3.68.